The van der Waals surface area contributed by atoms with E-state index in [9.17, 15) is 0 Å². The van der Waals surface area contributed by atoms with Crippen molar-refractivity contribution in [1.82, 2.24) is 10.3 Å². The van der Waals surface area contributed by atoms with Gasteiger partial charge in [-0.3, -0.25) is 0 Å². The summed E-state index contributed by atoms with van der Waals surface area (Å²) in [5.41, 5.74) is 1.07. The van der Waals surface area contributed by atoms with Crippen LogP contribution in [-0.4, -0.2) is 18.1 Å². The van der Waals surface area contributed by atoms with Gasteiger partial charge in [-0.1, -0.05) is 11.6 Å². The van der Waals surface area contributed by atoms with Crippen molar-refractivity contribution < 1.29 is 4.42 Å². The van der Waals surface area contributed by atoms with Crippen molar-refractivity contribution in [2.75, 3.05) is 11.9 Å². The molecule has 3 rings (SSSR count). The summed E-state index contributed by atoms with van der Waals surface area (Å²) < 4.78 is 5.46. The standard InChI is InChI=1S/C15H18ClN3O/c1-17-8-11-7-15(18-9-14(11)16)19(12-4-5-12)10-13-3-2-6-20-13/h2-3,6-7,9,12,17H,4-5,8,10H2,1H3. The normalized spacial score (nSPS) is 14.5. The van der Waals surface area contributed by atoms with E-state index in [1.807, 2.05) is 19.2 Å². The molecule has 1 N–H and O–H groups in total. The highest BCUT2D eigenvalue weighted by Crippen LogP contribution is 2.33. The fourth-order valence-corrected chi connectivity index (χ4v) is 2.47. The first-order valence-electron chi connectivity index (χ1n) is 6.86. The van der Waals surface area contributed by atoms with Gasteiger partial charge in [-0.15, -0.1) is 0 Å². The van der Waals surface area contributed by atoms with Gasteiger partial charge < -0.3 is 14.6 Å². The van der Waals surface area contributed by atoms with Crippen LogP contribution < -0.4 is 10.2 Å². The van der Waals surface area contributed by atoms with Gasteiger partial charge in [-0.25, -0.2) is 4.98 Å². The molecule has 5 heteroatoms. The van der Waals surface area contributed by atoms with Crippen LogP contribution in [0.15, 0.2) is 35.1 Å². The van der Waals surface area contributed by atoms with E-state index in [1.165, 1.54) is 12.8 Å². The summed E-state index contributed by atoms with van der Waals surface area (Å²) >= 11 is 6.18. The molecule has 4 nitrogen and oxygen atoms in total. The van der Waals surface area contributed by atoms with Gasteiger partial charge in [0.1, 0.15) is 11.6 Å². The molecule has 1 fully saturated rings. The average molecular weight is 292 g/mol. The second kappa shape index (κ2) is 5.85. The fourth-order valence-electron chi connectivity index (χ4n) is 2.30. The lowest BCUT2D eigenvalue weighted by molar-refractivity contribution is 0.500. The number of pyridine rings is 1. The van der Waals surface area contributed by atoms with Gasteiger partial charge in [0, 0.05) is 18.8 Å². The molecule has 0 saturated heterocycles. The molecule has 0 spiro atoms. The molecule has 1 saturated carbocycles. The van der Waals surface area contributed by atoms with E-state index in [0.29, 0.717) is 11.1 Å². The number of halogens is 1. The first kappa shape index (κ1) is 13.5. The summed E-state index contributed by atoms with van der Waals surface area (Å²) in [5.74, 6) is 1.93. The summed E-state index contributed by atoms with van der Waals surface area (Å²) in [6.07, 6.45) is 5.88. The van der Waals surface area contributed by atoms with Gasteiger partial charge in [0.25, 0.3) is 0 Å². The van der Waals surface area contributed by atoms with Crippen molar-refractivity contribution in [3.63, 3.8) is 0 Å². The minimum atomic E-state index is 0.566. The zero-order valence-corrected chi connectivity index (χ0v) is 12.2. The molecule has 0 aliphatic heterocycles. The quantitative estimate of drug-likeness (QED) is 0.887. The number of aromatic nitrogens is 1. The zero-order chi connectivity index (χ0) is 13.9. The number of nitrogens with one attached hydrogen (secondary N) is 1. The van der Waals surface area contributed by atoms with Crippen molar-refractivity contribution in [1.29, 1.82) is 0 Å². The van der Waals surface area contributed by atoms with E-state index in [1.54, 1.807) is 12.5 Å². The fraction of sp³-hybridized carbons (Fsp3) is 0.400. The minimum Gasteiger partial charge on any atom is -0.467 e. The van der Waals surface area contributed by atoms with Crippen LogP contribution in [0.1, 0.15) is 24.2 Å². The maximum absolute atomic E-state index is 6.18. The van der Waals surface area contributed by atoms with Gasteiger partial charge in [0.15, 0.2) is 0 Å². The summed E-state index contributed by atoms with van der Waals surface area (Å²) in [6, 6.07) is 6.55. The van der Waals surface area contributed by atoms with E-state index in [-0.39, 0.29) is 0 Å². The molecule has 0 radical (unpaired) electrons. The van der Waals surface area contributed by atoms with Crippen molar-refractivity contribution >= 4 is 17.4 Å². The Morgan fingerprint density at radius 3 is 3.00 bits per heavy atom. The Morgan fingerprint density at radius 1 is 1.50 bits per heavy atom. The molecule has 1 aliphatic rings. The monoisotopic (exact) mass is 291 g/mol. The Bertz CT molecular complexity index is 567. The Hall–Kier alpha value is -1.52. The van der Waals surface area contributed by atoms with Crippen LogP contribution >= 0.6 is 11.6 Å². The van der Waals surface area contributed by atoms with Crippen LogP contribution in [-0.2, 0) is 13.1 Å². The molecule has 0 unspecified atom stereocenters. The molecule has 2 heterocycles. The summed E-state index contributed by atoms with van der Waals surface area (Å²) in [7, 11) is 1.91. The summed E-state index contributed by atoms with van der Waals surface area (Å²) in [6.45, 7) is 1.50. The number of furan rings is 1. The van der Waals surface area contributed by atoms with Crippen LogP contribution in [0.25, 0.3) is 0 Å². The van der Waals surface area contributed by atoms with E-state index >= 15 is 0 Å². The summed E-state index contributed by atoms with van der Waals surface area (Å²) in [5, 5.41) is 3.84. The van der Waals surface area contributed by atoms with Crippen LogP contribution in [0.3, 0.4) is 0 Å². The Morgan fingerprint density at radius 2 is 2.35 bits per heavy atom. The Balaban J connectivity index is 1.85. The molecule has 0 aromatic carbocycles. The zero-order valence-electron chi connectivity index (χ0n) is 11.5. The highest BCUT2D eigenvalue weighted by atomic mass is 35.5. The number of rotatable bonds is 6. The molecule has 0 atom stereocenters. The van der Waals surface area contributed by atoms with Crippen LogP contribution in [0, 0.1) is 0 Å². The van der Waals surface area contributed by atoms with E-state index in [4.69, 9.17) is 16.0 Å². The Kier molecular flexibility index (Phi) is 3.94. The van der Waals surface area contributed by atoms with Gasteiger partial charge >= 0.3 is 0 Å². The third kappa shape index (κ3) is 2.97. The highest BCUT2D eigenvalue weighted by Gasteiger charge is 2.30. The molecule has 0 bridgehead atoms. The topological polar surface area (TPSA) is 41.3 Å². The van der Waals surface area contributed by atoms with Gasteiger partial charge in [0.05, 0.1) is 17.8 Å². The predicted octanol–water partition coefficient (Wildman–Crippen LogP) is 3.22. The molecular formula is C15H18ClN3O. The highest BCUT2D eigenvalue weighted by molar-refractivity contribution is 6.31. The van der Waals surface area contributed by atoms with Gasteiger partial charge in [-0.2, -0.15) is 0 Å². The molecular weight excluding hydrogens is 274 g/mol. The van der Waals surface area contributed by atoms with E-state index in [0.717, 1.165) is 30.2 Å². The predicted molar refractivity (Wildman–Crippen MR) is 79.9 cm³/mol. The number of hydrogen-bond acceptors (Lipinski definition) is 4. The SMILES string of the molecule is CNCc1cc(N(Cc2ccco2)C2CC2)ncc1Cl. The summed E-state index contributed by atoms with van der Waals surface area (Å²) in [4.78, 5) is 6.79. The van der Waals surface area contributed by atoms with Crippen LogP contribution in [0.5, 0.6) is 0 Å². The van der Waals surface area contributed by atoms with Crippen molar-refractivity contribution in [3.05, 3.63) is 47.0 Å². The second-order valence-corrected chi connectivity index (χ2v) is 5.51. The molecule has 20 heavy (non-hydrogen) atoms. The third-order valence-electron chi connectivity index (χ3n) is 3.48. The molecule has 0 amide bonds. The van der Waals surface area contributed by atoms with Crippen molar-refractivity contribution in [2.24, 2.45) is 0 Å². The maximum Gasteiger partial charge on any atom is 0.129 e. The minimum absolute atomic E-state index is 0.566. The smallest absolute Gasteiger partial charge is 0.129 e. The molecule has 106 valence electrons. The largest absolute Gasteiger partial charge is 0.467 e. The first-order chi connectivity index (χ1) is 9.78. The van der Waals surface area contributed by atoms with Gasteiger partial charge in [-0.05, 0) is 43.7 Å². The lowest BCUT2D eigenvalue weighted by Crippen LogP contribution is -2.26. The maximum atomic E-state index is 6.18. The number of nitrogens with zero attached hydrogens (tertiary/aromatic N) is 2. The molecule has 2 aromatic heterocycles. The van der Waals surface area contributed by atoms with Crippen LogP contribution in [0.4, 0.5) is 5.82 Å². The first-order valence-corrected chi connectivity index (χ1v) is 7.24. The van der Waals surface area contributed by atoms with Crippen LogP contribution in [0.2, 0.25) is 5.02 Å². The van der Waals surface area contributed by atoms with E-state index < -0.39 is 0 Å². The number of anilines is 1. The number of hydrogen-bond donors (Lipinski definition) is 1. The van der Waals surface area contributed by atoms with Gasteiger partial charge in [0.2, 0.25) is 0 Å². The van der Waals surface area contributed by atoms with Crippen molar-refractivity contribution in [2.45, 2.75) is 32.0 Å². The Labute approximate surface area is 123 Å². The molecule has 2 aromatic rings. The average Bonchev–Trinajstić information content (AvgIpc) is 3.16. The second-order valence-electron chi connectivity index (χ2n) is 5.10. The molecule has 1 aliphatic carbocycles. The third-order valence-corrected chi connectivity index (χ3v) is 3.82. The lowest BCUT2D eigenvalue weighted by atomic mass is 10.2. The van der Waals surface area contributed by atoms with E-state index in [2.05, 4.69) is 21.3 Å². The lowest BCUT2D eigenvalue weighted by Gasteiger charge is -2.23. The van der Waals surface area contributed by atoms with Crippen molar-refractivity contribution in [3.8, 4) is 0 Å².